The van der Waals surface area contributed by atoms with Gasteiger partial charge in [0.05, 0.1) is 6.54 Å². The summed E-state index contributed by atoms with van der Waals surface area (Å²) in [6, 6.07) is 0. The number of hydrogen-bond donors (Lipinski definition) is 0. The van der Waals surface area contributed by atoms with Gasteiger partial charge < -0.3 is 0 Å². The van der Waals surface area contributed by atoms with Crippen LogP contribution in [-0.2, 0) is 0 Å². The van der Waals surface area contributed by atoms with Crippen LogP contribution in [0.2, 0.25) is 0 Å². The van der Waals surface area contributed by atoms with Gasteiger partial charge in [0.15, 0.2) is 0 Å². The van der Waals surface area contributed by atoms with Gasteiger partial charge in [-0.15, -0.1) is 0 Å². The Bertz CT molecular complexity index is 180. The second kappa shape index (κ2) is 3.01. The summed E-state index contributed by atoms with van der Waals surface area (Å²) in [5.74, 6) is 0. The zero-order chi connectivity index (χ0) is 7.56. The first-order valence-electron chi connectivity index (χ1n) is 3.00. The molecule has 1 atom stereocenters. The van der Waals surface area contributed by atoms with Crippen LogP contribution >= 0.6 is 11.8 Å². The molecule has 0 aromatic carbocycles. The van der Waals surface area contributed by atoms with E-state index >= 15 is 0 Å². The summed E-state index contributed by atoms with van der Waals surface area (Å²) in [6.45, 7) is 2.64. The maximum atomic E-state index is 9.97. The van der Waals surface area contributed by atoms with Crippen molar-refractivity contribution < 1.29 is 4.92 Å². The molecular weight excluding hydrogens is 152 g/mol. The molecule has 0 saturated heterocycles. The summed E-state index contributed by atoms with van der Waals surface area (Å²) in [4.78, 5) is 13.6. The van der Waals surface area contributed by atoms with Gasteiger partial charge in [0.1, 0.15) is 5.04 Å². The van der Waals surface area contributed by atoms with Crippen molar-refractivity contribution in [3.05, 3.63) is 10.1 Å². The zero-order valence-corrected chi connectivity index (χ0v) is 6.43. The first-order chi connectivity index (χ1) is 4.68. The molecule has 0 spiro atoms. The molecular formula is C5H8N2O2S. The summed E-state index contributed by atoms with van der Waals surface area (Å²) in [5.41, 5.74) is 0. The van der Waals surface area contributed by atoms with Crippen molar-refractivity contribution in [2.45, 2.75) is 12.2 Å². The van der Waals surface area contributed by atoms with Crippen molar-refractivity contribution in [1.82, 2.24) is 0 Å². The van der Waals surface area contributed by atoms with Crippen molar-refractivity contribution in [1.29, 1.82) is 0 Å². The third-order valence-electron chi connectivity index (χ3n) is 1.13. The van der Waals surface area contributed by atoms with Gasteiger partial charge >= 0.3 is 0 Å². The van der Waals surface area contributed by atoms with Crippen molar-refractivity contribution in [2.24, 2.45) is 4.99 Å². The van der Waals surface area contributed by atoms with E-state index < -0.39 is 0 Å². The van der Waals surface area contributed by atoms with E-state index in [9.17, 15) is 10.1 Å². The first kappa shape index (κ1) is 7.53. The van der Waals surface area contributed by atoms with Crippen LogP contribution in [0.5, 0.6) is 0 Å². The SMILES string of the molecule is CC1CN=C(C[N+](=O)[O-])S1. The highest BCUT2D eigenvalue weighted by molar-refractivity contribution is 8.14. The largest absolute Gasteiger partial charge is 0.275 e. The summed E-state index contributed by atoms with van der Waals surface area (Å²) >= 11 is 1.50. The molecule has 10 heavy (non-hydrogen) atoms. The minimum atomic E-state index is -0.343. The van der Waals surface area contributed by atoms with Gasteiger partial charge in [-0.05, 0) is 0 Å². The van der Waals surface area contributed by atoms with Gasteiger partial charge in [0.2, 0.25) is 0 Å². The molecule has 0 aromatic heterocycles. The zero-order valence-electron chi connectivity index (χ0n) is 5.61. The van der Waals surface area contributed by atoms with E-state index in [1.165, 1.54) is 11.8 Å². The number of hydrogen-bond acceptors (Lipinski definition) is 4. The Labute approximate surface area is 62.9 Å². The third-order valence-corrected chi connectivity index (χ3v) is 2.21. The van der Waals surface area contributed by atoms with Crippen LogP contribution in [-0.4, -0.2) is 28.3 Å². The molecule has 4 nitrogen and oxygen atoms in total. The predicted octanol–water partition coefficient (Wildman–Crippen LogP) is 0.797. The Morgan fingerprint density at radius 3 is 3.10 bits per heavy atom. The van der Waals surface area contributed by atoms with E-state index in [4.69, 9.17) is 0 Å². The lowest BCUT2D eigenvalue weighted by Crippen LogP contribution is -2.08. The van der Waals surface area contributed by atoms with Crippen LogP contribution < -0.4 is 0 Å². The molecule has 1 aliphatic heterocycles. The second-order valence-electron chi connectivity index (χ2n) is 2.15. The van der Waals surface area contributed by atoms with Crippen molar-refractivity contribution in [3.8, 4) is 0 Å². The molecule has 0 bridgehead atoms. The Balaban J connectivity index is 2.37. The number of nitrogens with zero attached hydrogens (tertiary/aromatic N) is 2. The number of aliphatic imine (C=N–C) groups is 1. The highest BCUT2D eigenvalue weighted by Crippen LogP contribution is 2.19. The highest BCUT2D eigenvalue weighted by Gasteiger charge is 2.18. The lowest BCUT2D eigenvalue weighted by Gasteiger charge is -1.94. The molecule has 1 heterocycles. The van der Waals surface area contributed by atoms with E-state index in [-0.39, 0.29) is 11.5 Å². The summed E-state index contributed by atoms with van der Waals surface area (Å²) in [6.07, 6.45) is 0. The fourth-order valence-corrected chi connectivity index (χ4v) is 1.68. The van der Waals surface area contributed by atoms with Gasteiger partial charge in [-0.25, -0.2) is 0 Å². The Morgan fingerprint density at radius 2 is 2.70 bits per heavy atom. The maximum Gasteiger partial charge on any atom is 0.251 e. The monoisotopic (exact) mass is 160 g/mol. The van der Waals surface area contributed by atoms with Gasteiger partial charge in [-0.1, -0.05) is 18.7 Å². The molecule has 1 aliphatic rings. The molecule has 0 aromatic rings. The molecule has 56 valence electrons. The number of rotatable bonds is 2. The summed E-state index contributed by atoms with van der Waals surface area (Å²) < 4.78 is 0. The molecule has 1 rings (SSSR count). The van der Waals surface area contributed by atoms with Crippen LogP contribution in [0.3, 0.4) is 0 Å². The third kappa shape index (κ3) is 1.98. The minimum absolute atomic E-state index is 0.102. The average molecular weight is 160 g/mol. The highest BCUT2D eigenvalue weighted by atomic mass is 32.2. The Hall–Kier alpha value is -0.580. The summed E-state index contributed by atoms with van der Waals surface area (Å²) in [5, 5.41) is 11.1. The van der Waals surface area contributed by atoms with E-state index in [0.717, 1.165) is 6.54 Å². The van der Waals surface area contributed by atoms with Gasteiger partial charge in [0.25, 0.3) is 6.54 Å². The lowest BCUT2D eigenvalue weighted by atomic mass is 10.5. The molecule has 1 unspecified atom stereocenters. The first-order valence-corrected chi connectivity index (χ1v) is 3.88. The standard InChI is InChI=1S/C5H8N2O2S/c1-4-2-6-5(10-4)3-7(8)9/h4H,2-3H2,1H3. The van der Waals surface area contributed by atoms with Crippen LogP contribution in [0.25, 0.3) is 0 Å². The molecule has 5 heteroatoms. The number of nitro groups is 1. The molecule has 0 N–H and O–H groups in total. The molecule has 0 saturated carbocycles. The van der Waals surface area contributed by atoms with Crippen LogP contribution in [0.15, 0.2) is 4.99 Å². The Morgan fingerprint density at radius 1 is 2.00 bits per heavy atom. The maximum absolute atomic E-state index is 9.97. The van der Waals surface area contributed by atoms with E-state index in [0.29, 0.717) is 10.3 Å². The van der Waals surface area contributed by atoms with Crippen molar-refractivity contribution >= 4 is 16.8 Å². The minimum Gasteiger partial charge on any atom is -0.275 e. The van der Waals surface area contributed by atoms with Crippen molar-refractivity contribution in [3.63, 3.8) is 0 Å². The second-order valence-corrected chi connectivity index (χ2v) is 3.67. The summed E-state index contributed by atoms with van der Waals surface area (Å²) in [7, 11) is 0. The molecule has 0 amide bonds. The smallest absolute Gasteiger partial charge is 0.251 e. The van der Waals surface area contributed by atoms with E-state index in [1.807, 2.05) is 6.92 Å². The fourth-order valence-electron chi connectivity index (χ4n) is 0.735. The predicted molar refractivity (Wildman–Crippen MR) is 41.2 cm³/mol. The topological polar surface area (TPSA) is 55.5 Å². The van der Waals surface area contributed by atoms with E-state index in [1.54, 1.807) is 0 Å². The fraction of sp³-hybridized carbons (Fsp3) is 0.800. The van der Waals surface area contributed by atoms with Gasteiger partial charge in [0, 0.05) is 10.2 Å². The van der Waals surface area contributed by atoms with Gasteiger partial charge in [-0.2, -0.15) is 0 Å². The Kier molecular flexibility index (Phi) is 2.26. The molecule has 0 fully saturated rings. The number of thioether (sulfide) groups is 1. The quantitative estimate of drug-likeness (QED) is 0.443. The van der Waals surface area contributed by atoms with Crippen LogP contribution in [0, 0.1) is 10.1 Å². The van der Waals surface area contributed by atoms with Crippen LogP contribution in [0.1, 0.15) is 6.92 Å². The van der Waals surface area contributed by atoms with Gasteiger partial charge in [-0.3, -0.25) is 15.1 Å². The molecule has 0 aliphatic carbocycles. The lowest BCUT2D eigenvalue weighted by molar-refractivity contribution is -0.462. The van der Waals surface area contributed by atoms with Crippen molar-refractivity contribution in [2.75, 3.05) is 13.1 Å². The average Bonchev–Trinajstić information content (AvgIpc) is 2.13. The normalized spacial score (nSPS) is 24.5. The molecule has 0 radical (unpaired) electrons. The van der Waals surface area contributed by atoms with E-state index in [2.05, 4.69) is 4.99 Å². The van der Waals surface area contributed by atoms with Crippen LogP contribution in [0.4, 0.5) is 0 Å².